The Hall–Kier alpha value is -0.240. The fraction of sp³-hybridized carbons (Fsp3) is 1.00. The summed E-state index contributed by atoms with van der Waals surface area (Å²) >= 11 is 0. The molecule has 0 aromatic carbocycles. The van der Waals surface area contributed by atoms with Crippen LogP contribution >= 0.6 is 0 Å². The van der Waals surface area contributed by atoms with Crippen molar-refractivity contribution in [2.45, 2.75) is 46.1 Å². The highest BCUT2D eigenvalue weighted by Crippen LogP contribution is 2.10. The van der Waals surface area contributed by atoms with Crippen LogP contribution in [0.1, 0.15) is 40.0 Å². The van der Waals surface area contributed by atoms with E-state index in [2.05, 4.69) is 0 Å². The SMILES string of the molecule is CC(C)(CO)CO.CC(O)CCO.OCCCCO. The summed E-state index contributed by atoms with van der Waals surface area (Å²) in [5.74, 6) is 0. The monoisotopic (exact) mass is 284 g/mol. The highest BCUT2D eigenvalue weighted by Gasteiger charge is 2.13. The van der Waals surface area contributed by atoms with Crippen molar-refractivity contribution in [3.8, 4) is 0 Å². The van der Waals surface area contributed by atoms with Crippen LogP contribution in [0.4, 0.5) is 0 Å². The van der Waals surface area contributed by atoms with Gasteiger partial charge in [0.25, 0.3) is 0 Å². The van der Waals surface area contributed by atoms with E-state index in [0.717, 1.165) is 12.8 Å². The van der Waals surface area contributed by atoms with Gasteiger partial charge in [-0.15, -0.1) is 0 Å². The minimum absolute atomic E-state index is 0.0451. The molecular formula is C13H32O6. The Kier molecular flexibility index (Phi) is 22.3. The summed E-state index contributed by atoms with van der Waals surface area (Å²) in [7, 11) is 0. The average Bonchev–Trinajstić information content (AvgIpc) is 2.37. The van der Waals surface area contributed by atoms with Gasteiger partial charge in [0.2, 0.25) is 0 Å². The predicted molar refractivity (Wildman–Crippen MR) is 74.7 cm³/mol. The van der Waals surface area contributed by atoms with Crippen molar-refractivity contribution in [3.63, 3.8) is 0 Å². The van der Waals surface area contributed by atoms with Gasteiger partial charge in [0.15, 0.2) is 0 Å². The molecule has 0 amide bonds. The molecule has 0 heterocycles. The fourth-order valence-electron chi connectivity index (χ4n) is 0.460. The van der Waals surface area contributed by atoms with E-state index >= 15 is 0 Å². The largest absolute Gasteiger partial charge is 0.396 e. The van der Waals surface area contributed by atoms with Crippen molar-refractivity contribution in [3.05, 3.63) is 0 Å². The summed E-state index contributed by atoms with van der Waals surface area (Å²) in [4.78, 5) is 0. The number of aliphatic hydroxyl groups excluding tert-OH is 6. The molecule has 1 atom stereocenters. The predicted octanol–water partition coefficient (Wildman–Crippen LogP) is -0.502. The zero-order valence-electron chi connectivity index (χ0n) is 12.4. The van der Waals surface area contributed by atoms with E-state index in [1.54, 1.807) is 20.8 Å². The zero-order valence-corrected chi connectivity index (χ0v) is 12.4. The van der Waals surface area contributed by atoms with Crippen molar-refractivity contribution in [2.75, 3.05) is 33.0 Å². The van der Waals surface area contributed by atoms with Gasteiger partial charge in [-0.3, -0.25) is 0 Å². The first-order valence-corrected chi connectivity index (χ1v) is 6.53. The van der Waals surface area contributed by atoms with E-state index in [4.69, 9.17) is 30.6 Å². The van der Waals surface area contributed by atoms with Crippen LogP contribution in [0, 0.1) is 5.41 Å². The first-order chi connectivity index (χ1) is 8.81. The third kappa shape index (κ3) is 31.9. The first kappa shape index (κ1) is 23.8. The Morgan fingerprint density at radius 3 is 1.21 bits per heavy atom. The number of aliphatic hydroxyl groups is 6. The standard InChI is InChI=1S/C5H12O2.2C4H10O2/c1-5(2,3-6)4-7;1-4(6)2-3-5;5-3-1-2-4-6/h6-7H,3-4H2,1-2H3;4-6H,2-3H2,1H3;5-6H,1-4H2. The van der Waals surface area contributed by atoms with Crippen LogP contribution in [0.3, 0.4) is 0 Å². The maximum absolute atomic E-state index is 8.43. The second kappa shape index (κ2) is 17.8. The Labute approximate surface area is 116 Å². The maximum Gasteiger partial charge on any atom is 0.0533 e. The number of unbranched alkanes of at least 4 members (excludes halogenated alkanes) is 1. The van der Waals surface area contributed by atoms with Crippen molar-refractivity contribution in [1.29, 1.82) is 0 Å². The van der Waals surface area contributed by atoms with E-state index in [-0.39, 0.29) is 44.6 Å². The van der Waals surface area contributed by atoms with Gasteiger partial charge in [-0.25, -0.2) is 0 Å². The van der Waals surface area contributed by atoms with Crippen LogP contribution in [0.2, 0.25) is 0 Å². The van der Waals surface area contributed by atoms with Gasteiger partial charge in [0.1, 0.15) is 0 Å². The molecule has 0 aromatic rings. The number of rotatable bonds is 7. The summed E-state index contributed by atoms with van der Waals surface area (Å²) in [6.45, 7) is 5.81. The number of hydrogen-bond donors (Lipinski definition) is 6. The highest BCUT2D eigenvalue weighted by atomic mass is 16.3. The fourth-order valence-corrected chi connectivity index (χ4v) is 0.460. The average molecular weight is 284 g/mol. The van der Waals surface area contributed by atoms with Crippen LogP contribution in [0.5, 0.6) is 0 Å². The second-order valence-corrected chi connectivity index (χ2v) is 5.00. The molecule has 0 saturated heterocycles. The van der Waals surface area contributed by atoms with E-state index in [0.29, 0.717) is 6.42 Å². The molecule has 0 aliphatic heterocycles. The summed E-state index contributed by atoms with van der Waals surface area (Å²) < 4.78 is 0. The molecule has 0 rings (SSSR count). The van der Waals surface area contributed by atoms with Crippen LogP contribution < -0.4 is 0 Å². The van der Waals surface area contributed by atoms with Crippen molar-refractivity contribution in [2.24, 2.45) is 5.41 Å². The number of hydrogen-bond acceptors (Lipinski definition) is 6. The minimum Gasteiger partial charge on any atom is -0.396 e. The smallest absolute Gasteiger partial charge is 0.0533 e. The zero-order chi connectivity index (χ0) is 15.7. The molecule has 0 fully saturated rings. The lowest BCUT2D eigenvalue weighted by Gasteiger charge is -2.16. The molecule has 0 saturated carbocycles. The van der Waals surface area contributed by atoms with Gasteiger partial charge in [0, 0.05) is 25.2 Å². The van der Waals surface area contributed by atoms with Crippen LogP contribution in [0.15, 0.2) is 0 Å². The van der Waals surface area contributed by atoms with Crippen molar-refractivity contribution in [1.82, 2.24) is 0 Å². The van der Waals surface area contributed by atoms with Gasteiger partial charge in [0.05, 0.1) is 19.3 Å². The minimum atomic E-state index is -0.352. The lowest BCUT2D eigenvalue weighted by atomic mass is 9.97. The summed E-state index contributed by atoms with van der Waals surface area (Å²) in [5.41, 5.74) is -0.306. The Morgan fingerprint density at radius 1 is 0.789 bits per heavy atom. The molecule has 6 N–H and O–H groups in total. The van der Waals surface area contributed by atoms with Crippen LogP contribution in [-0.2, 0) is 0 Å². The summed E-state index contributed by atoms with van der Waals surface area (Å²) in [5, 5.41) is 49.5. The Balaban J connectivity index is -0.000000203. The molecule has 0 aliphatic rings. The highest BCUT2D eigenvalue weighted by molar-refractivity contribution is 4.62. The molecule has 0 spiro atoms. The maximum atomic E-state index is 8.43. The molecule has 0 bridgehead atoms. The third-order valence-corrected chi connectivity index (χ3v) is 1.97. The quantitative estimate of drug-likeness (QED) is 0.350. The molecule has 6 heteroatoms. The lowest BCUT2D eigenvalue weighted by molar-refractivity contribution is 0.0857. The summed E-state index contributed by atoms with van der Waals surface area (Å²) in [6.07, 6.45) is 1.57. The Morgan fingerprint density at radius 2 is 1.16 bits per heavy atom. The molecule has 19 heavy (non-hydrogen) atoms. The van der Waals surface area contributed by atoms with E-state index in [1.165, 1.54) is 0 Å². The molecule has 6 nitrogen and oxygen atoms in total. The van der Waals surface area contributed by atoms with E-state index in [1.807, 2.05) is 0 Å². The first-order valence-electron chi connectivity index (χ1n) is 6.53. The molecule has 120 valence electrons. The molecular weight excluding hydrogens is 252 g/mol. The van der Waals surface area contributed by atoms with Crippen molar-refractivity contribution >= 4 is 0 Å². The van der Waals surface area contributed by atoms with Crippen LogP contribution in [0.25, 0.3) is 0 Å². The topological polar surface area (TPSA) is 121 Å². The molecule has 1 unspecified atom stereocenters. The van der Waals surface area contributed by atoms with Gasteiger partial charge >= 0.3 is 0 Å². The van der Waals surface area contributed by atoms with Crippen molar-refractivity contribution < 1.29 is 30.6 Å². The molecule has 0 aliphatic carbocycles. The van der Waals surface area contributed by atoms with Gasteiger partial charge in [-0.05, 0) is 26.2 Å². The van der Waals surface area contributed by atoms with Gasteiger partial charge in [-0.2, -0.15) is 0 Å². The van der Waals surface area contributed by atoms with E-state index < -0.39 is 0 Å². The van der Waals surface area contributed by atoms with Crippen LogP contribution in [-0.4, -0.2) is 69.8 Å². The summed E-state index contributed by atoms with van der Waals surface area (Å²) in [6, 6.07) is 0. The molecule has 0 aromatic heterocycles. The Bertz CT molecular complexity index is 140. The van der Waals surface area contributed by atoms with E-state index in [9.17, 15) is 0 Å². The van der Waals surface area contributed by atoms with Gasteiger partial charge < -0.3 is 30.6 Å². The second-order valence-electron chi connectivity index (χ2n) is 5.00. The normalized spacial score (nSPS) is 11.8. The lowest BCUT2D eigenvalue weighted by Crippen LogP contribution is -2.20. The third-order valence-electron chi connectivity index (χ3n) is 1.97. The van der Waals surface area contributed by atoms with Gasteiger partial charge in [-0.1, -0.05) is 13.8 Å². The molecule has 0 radical (unpaired) electrons.